The number of thiophene rings is 1. The van der Waals surface area contributed by atoms with Crippen molar-refractivity contribution in [1.29, 1.82) is 0 Å². The lowest BCUT2D eigenvalue weighted by Crippen LogP contribution is -2.27. The molecule has 0 aliphatic heterocycles. The van der Waals surface area contributed by atoms with Crippen molar-refractivity contribution in [3.05, 3.63) is 70.7 Å². The van der Waals surface area contributed by atoms with Crippen LogP contribution in [0.2, 0.25) is 0 Å². The molecule has 0 amide bonds. The molecule has 4 rings (SSSR count). The third-order valence-corrected chi connectivity index (χ3v) is 5.09. The summed E-state index contributed by atoms with van der Waals surface area (Å²) in [6.45, 7) is 8.47. The molecule has 0 bridgehead atoms. The van der Waals surface area contributed by atoms with Crippen molar-refractivity contribution in [3.63, 3.8) is 0 Å². The smallest absolute Gasteiger partial charge is 0.158 e. The minimum absolute atomic E-state index is 0.0720. The number of hydrogen-bond acceptors (Lipinski definition) is 4. The molecule has 5 heteroatoms. The molecule has 4 nitrogen and oxygen atoms in total. The fraction of sp³-hybridized carbons (Fsp3) is 0.217. The molecule has 0 unspecified atom stereocenters. The summed E-state index contributed by atoms with van der Waals surface area (Å²) >= 11 is 1.65. The molecule has 3 heterocycles. The van der Waals surface area contributed by atoms with Gasteiger partial charge in [0.25, 0.3) is 0 Å². The largest absolute Gasteiger partial charge is 0.365 e. The van der Waals surface area contributed by atoms with Crippen molar-refractivity contribution in [2.75, 3.05) is 5.32 Å². The van der Waals surface area contributed by atoms with E-state index < -0.39 is 0 Å². The van der Waals surface area contributed by atoms with Gasteiger partial charge in [0.1, 0.15) is 5.82 Å². The van der Waals surface area contributed by atoms with Crippen LogP contribution in [0.4, 0.5) is 5.82 Å². The number of aryl methyl sites for hydroxylation is 1. The van der Waals surface area contributed by atoms with Gasteiger partial charge in [-0.25, -0.2) is 4.98 Å². The second kappa shape index (κ2) is 7.14. The van der Waals surface area contributed by atoms with E-state index in [1.54, 1.807) is 17.5 Å². The molecule has 0 saturated carbocycles. The Hall–Kier alpha value is -3.10. The van der Waals surface area contributed by atoms with E-state index in [1.807, 2.05) is 22.7 Å². The van der Waals surface area contributed by atoms with E-state index in [4.69, 9.17) is 4.98 Å². The Morgan fingerprint density at radius 1 is 1.04 bits per heavy atom. The predicted molar refractivity (Wildman–Crippen MR) is 117 cm³/mol. The lowest BCUT2D eigenvalue weighted by Gasteiger charge is -2.22. The Kier molecular flexibility index (Phi) is 4.66. The molecule has 3 aromatic heterocycles. The van der Waals surface area contributed by atoms with E-state index >= 15 is 0 Å². The Morgan fingerprint density at radius 2 is 1.89 bits per heavy atom. The van der Waals surface area contributed by atoms with Crippen molar-refractivity contribution < 1.29 is 0 Å². The van der Waals surface area contributed by atoms with E-state index in [0.717, 1.165) is 32.5 Å². The zero-order valence-corrected chi connectivity index (χ0v) is 17.3. The second-order valence-corrected chi connectivity index (χ2v) is 8.87. The first-order chi connectivity index (χ1) is 13.4. The maximum atomic E-state index is 4.76. The number of hydrogen-bond donors (Lipinski definition) is 1. The van der Waals surface area contributed by atoms with Gasteiger partial charge in [-0.1, -0.05) is 24.0 Å². The number of nitrogens with one attached hydrogen (secondary N) is 1. The first-order valence-corrected chi connectivity index (χ1v) is 10.0. The van der Waals surface area contributed by atoms with Gasteiger partial charge in [-0.2, -0.15) is 9.61 Å². The van der Waals surface area contributed by atoms with E-state index in [-0.39, 0.29) is 5.54 Å². The highest BCUT2D eigenvalue weighted by molar-refractivity contribution is 7.16. The van der Waals surface area contributed by atoms with Crippen LogP contribution in [-0.4, -0.2) is 20.1 Å². The highest BCUT2D eigenvalue weighted by Gasteiger charge is 2.15. The minimum Gasteiger partial charge on any atom is -0.365 e. The molecule has 1 N–H and O–H groups in total. The van der Waals surface area contributed by atoms with Crippen LogP contribution in [0.3, 0.4) is 0 Å². The van der Waals surface area contributed by atoms with Gasteiger partial charge < -0.3 is 5.32 Å². The van der Waals surface area contributed by atoms with Crippen LogP contribution < -0.4 is 5.32 Å². The Labute approximate surface area is 169 Å². The molecule has 0 fully saturated rings. The van der Waals surface area contributed by atoms with Crippen LogP contribution in [-0.2, 0) is 0 Å². The molecule has 140 valence electrons. The van der Waals surface area contributed by atoms with Crippen molar-refractivity contribution in [3.8, 4) is 22.4 Å². The van der Waals surface area contributed by atoms with Crippen LogP contribution in [0.15, 0.2) is 54.7 Å². The molecule has 0 saturated heterocycles. The van der Waals surface area contributed by atoms with Gasteiger partial charge in [0.15, 0.2) is 5.65 Å². The van der Waals surface area contributed by atoms with Crippen LogP contribution in [0.5, 0.6) is 0 Å². The van der Waals surface area contributed by atoms with E-state index in [2.05, 4.69) is 80.3 Å². The number of anilines is 1. The zero-order chi connectivity index (χ0) is 19.7. The van der Waals surface area contributed by atoms with Gasteiger partial charge in [0.05, 0.1) is 21.6 Å². The maximum absolute atomic E-state index is 4.76. The number of fused-ring (bicyclic) bond motifs is 1. The van der Waals surface area contributed by atoms with E-state index in [0.29, 0.717) is 0 Å². The van der Waals surface area contributed by atoms with Gasteiger partial charge in [-0.15, -0.1) is 11.3 Å². The molecule has 4 aromatic rings. The Morgan fingerprint density at radius 3 is 2.68 bits per heavy atom. The summed E-state index contributed by atoms with van der Waals surface area (Å²) in [6, 6.07) is 16.4. The number of rotatable bonds is 2. The van der Waals surface area contributed by atoms with Gasteiger partial charge in [0, 0.05) is 23.2 Å². The summed E-state index contributed by atoms with van der Waals surface area (Å²) in [7, 11) is 0. The third kappa shape index (κ3) is 4.08. The molecular formula is C23H22N4S. The molecule has 1 aromatic carbocycles. The predicted octanol–water partition coefficient (Wildman–Crippen LogP) is 5.38. The van der Waals surface area contributed by atoms with Crippen molar-refractivity contribution >= 4 is 22.8 Å². The maximum Gasteiger partial charge on any atom is 0.158 e. The summed E-state index contributed by atoms with van der Waals surface area (Å²) in [5.74, 6) is 7.45. The SMILES string of the molecule is Cc1cccc(C#Cc2ccc(-c3cc(NC(C)(C)C)n4nccc4n3)s2)c1. The van der Waals surface area contributed by atoms with Gasteiger partial charge in [0.2, 0.25) is 0 Å². The van der Waals surface area contributed by atoms with Crippen LogP contribution in [0.1, 0.15) is 36.8 Å². The van der Waals surface area contributed by atoms with Crippen molar-refractivity contribution in [1.82, 2.24) is 14.6 Å². The van der Waals surface area contributed by atoms with Gasteiger partial charge >= 0.3 is 0 Å². The summed E-state index contributed by atoms with van der Waals surface area (Å²) in [5.41, 5.74) is 3.93. The summed E-state index contributed by atoms with van der Waals surface area (Å²) in [6.07, 6.45) is 1.77. The molecule has 28 heavy (non-hydrogen) atoms. The van der Waals surface area contributed by atoms with E-state index in [1.165, 1.54) is 5.56 Å². The number of nitrogens with zero attached hydrogens (tertiary/aromatic N) is 3. The monoisotopic (exact) mass is 386 g/mol. The molecule has 0 aliphatic rings. The average molecular weight is 387 g/mol. The molecular weight excluding hydrogens is 364 g/mol. The quantitative estimate of drug-likeness (QED) is 0.471. The summed E-state index contributed by atoms with van der Waals surface area (Å²) < 4.78 is 1.83. The summed E-state index contributed by atoms with van der Waals surface area (Å²) in [4.78, 5) is 6.88. The fourth-order valence-electron chi connectivity index (χ4n) is 2.91. The Balaban J connectivity index is 1.68. The van der Waals surface area contributed by atoms with E-state index in [9.17, 15) is 0 Å². The lowest BCUT2D eigenvalue weighted by molar-refractivity contribution is 0.625. The third-order valence-electron chi connectivity index (χ3n) is 4.07. The number of aromatic nitrogens is 3. The molecule has 0 spiro atoms. The topological polar surface area (TPSA) is 42.2 Å². The zero-order valence-electron chi connectivity index (χ0n) is 16.4. The van der Waals surface area contributed by atoms with Gasteiger partial charge in [-0.3, -0.25) is 0 Å². The van der Waals surface area contributed by atoms with Crippen LogP contribution in [0, 0.1) is 18.8 Å². The Bertz CT molecular complexity index is 1200. The van der Waals surface area contributed by atoms with Crippen LogP contribution >= 0.6 is 11.3 Å². The second-order valence-electron chi connectivity index (χ2n) is 7.79. The average Bonchev–Trinajstić information content (AvgIpc) is 3.28. The summed E-state index contributed by atoms with van der Waals surface area (Å²) in [5, 5.41) is 7.90. The first kappa shape index (κ1) is 18.3. The highest BCUT2D eigenvalue weighted by Crippen LogP contribution is 2.29. The lowest BCUT2D eigenvalue weighted by atomic mass is 10.1. The first-order valence-electron chi connectivity index (χ1n) is 9.19. The number of benzene rings is 1. The highest BCUT2D eigenvalue weighted by atomic mass is 32.1. The molecule has 0 radical (unpaired) electrons. The van der Waals surface area contributed by atoms with Gasteiger partial charge in [-0.05, 0) is 57.5 Å². The van der Waals surface area contributed by atoms with Crippen molar-refractivity contribution in [2.45, 2.75) is 33.2 Å². The fourth-order valence-corrected chi connectivity index (χ4v) is 3.73. The molecule has 0 aliphatic carbocycles. The normalized spacial score (nSPS) is 11.3. The standard InChI is InChI=1S/C23H22N4S/c1-16-6-5-7-17(14-16)8-9-18-10-11-20(28-18)19-15-22(26-23(2,3)4)27-21(25-19)12-13-24-27/h5-7,10-15,26H,1-4H3. The van der Waals surface area contributed by atoms with Crippen LogP contribution in [0.25, 0.3) is 16.2 Å². The van der Waals surface area contributed by atoms with Crippen molar-refractivity contribution in [2.24, 2.45) is 0 Å². The molecule has 0 atom stereocenters. The minimum atomic E-state index is -0.0720.